The van der Waals surface area contributed by atoms with E-state index in [0.29, 0.717) is 11.1 Å². The first-order valence-electron chi connectivity index (χ1n) is 7.91. The van der Waals surface area contributed by atoms with Crippen LogP contribution in [-0.2, 0) is 6.54 Å². The minimum atomic E-state index is -0.273. The molecule has 1 aromatic heterocycles. The van der Waals surface area contributed by atoms with Gasteiger partial charge in [-0.1, -0.05) is 48.5 Å². The molecule has 2 aromatic carbocycles. The van der Waals surface area contributed by atoms with Gasteiger partial charge in [0.15, 0.2) is 12.4 Å². The van der Waals surface area contributed by atoms with Gasteiger partial charge >= 0.3 is 0 Å². The predicted molar refractivity (Wildman–Crippen MR) is 94.9 cm³/mol. The van der Waals surface area contributed by atoms with Crippen LogP contribution in [0.3, 0.4) is 0 Å². The van der Waals surface area contributed by atoms with Gasteiger partial charge in [0, 0.05) is 11.6 Å². The normalized spacial score (nSPS) is 9.69. The van der Waals surface area contributed by atoms with Crippen LogP contribution in [0.4, 0.5) is 5.69 Å². The van der Waals surface area contributed by atoms with Gasteiger partial charge in [-0.15, -0.1) is 0 Å². The maximum absolute atomic E-state index is 12.3. The summed E-state index contributed by atoms with van der Waals surface area (Å²) in [5.74, 6) is -0.282. The molecule has 0 aliphatic heterocycles. The van der Waals surface area contributed by atoms with Gasteiger partial charge in [-0.25, -0.2) is 0 Å². The van der Waals surface area contributed by atoms with E-state index in [9.17, 15) is 9.59 Å². The Bertz CT molecular complexity index is 870. The average Bonchev–Trinajstić information content (AvgIpc) is 2.68. The summed E-state index contributed by atoms with van der Waals surface area (Å²) in [6.07, 6.45) is 3.42. The molecule has 0 saturated carbocycles. The summed E-state index contributed by atoms with van der Waals surface area (Å²) in [5.41, 5.74) is 7.40. The van der Waals surface area contributed by atoms with E-state index < -0.39 is 0 Å². The van der Waals surface area contributed by atoms with Crippen molar-refractivity contribution >= 4 is 17.4 Å². The number of carbonyl (C=O) groups excluding carboxylic acids is 2. The van der Waals surface area contributed by atoms with Gasteiger partial charge in [0.2, 0.25) is 12.3 Å². The second-order valence-electron chi connectivity index (χ2n) is 5.50. The number of amides is 1. The lowest BCUT2D eigenvalue weighted by atomic mass is 10.1. The smallest absolute Gasteiger partial charge is 0.275 e. The van der Waals surface area contributed by atoms with E-state index in [4.69, 9.17) is 0 Å². The molecule has 0 spiro atoms. The van der Waals surface area contributed by atoms with Crippen LogP contribution in [0, 0.1) is 0 Å². The number of anilines is 1. The van der Waals surface area contributed by atoms with E-state index in [1.807, 2.05) is 48.5 Å². The van der Waals surface area contributed by atoms with Gasteiger partial charge in [0.25, 0.3) is 5.91 Å². The summed E-state index contributed by atoms with van der Waals surface area (Å²) in [4.78, 5) is 24.5. The average molecular weight is 412 g/mol. The molecular weight excluding hydrogens is 394 g/mol. The summed E-state index contributed by atoms with van der Waals surface area (Å²) in [5, 5.41) is 0. The summed E-state index contributed by atoms with van der Waals surface area (Å²) >= 11 is 0. The van der Waals surface area contributed by atoms with Gasteiger partial charge in [-0.3, -0.25) is 20.4 Å². The number of halogens is 1. The zero-order chi connectivity index (χ0) is 17.5. The Morgan fingerprint density at radius 2 is 1.42 bits per heavy atom. The number of hydrogen-bond donors (Lipinski definition) is 2. The molecule has 0 aliphatic carbocycles. The summed E-state index contributed by atoms with van der Waals surface area (Å²) in [6, 6.07) is 21.9. The Labute approximate surface area is 162 Å². The standard InChI is InChI=1S/C20H17N3O2.BrH/c24-19(16-8-3-1-4-9-16)15-23-13-7-10-17(14-23)20(25)22-21-18-11-5-2-6-12-18;/h1-14,21H,15H2;1H. The van der Waals surface area contributed by atoms with Crippen molar-refractivity contribution in [2.75, 3.05) is 5.43 Å². The number of aromatic nitrogens is 1. The number of Topliss-reactive ketones (excluding diaryl/α,β-unsaturated/α-hetero) is 1. The fourth-order valence-electron chi connectivity index (χ4n) is 2.36. The Morgan fingerprint density at radius 1 is 0.808 bits per heavy atom. The Morgan fingerprint density at radius 3 is 2.12 bits per heavy atom. The molecule has 0 unspecified atom stereocenters. The maximum atomic E-state index is 12.3. The number of carbonyl (C=O) groups is 2. The summed E-state index contributed by atoms with van der Waals surface area (Å²) < 4.78 is 1.70. The van der Waals surface area contributed by atoms with Crippen LogP contribution in [0.1, 0.15) is 20.7 Å². The Hall–Kier alpha value is -2.99. The zero-order valence-electron chi connectivity index (χ0n) is 13.9. The quantitative estimate of drug-likeness (QED) is 0.330. The number of hydrogen-bond acceptors (Lipinski definition) is 3. The van der Waals surface area contributed by atoms with Crippen LogP contribution < -0.4 is 32.4 Å². The number of benzene rings is 2. The van der Waals surface area contributed by atoms with E-state index in [-0.39, 0.29) is 35.2 Å². The van der Waals surface area contributed by atoms with Crippen molar-refractivity contribution in [3.05, 3.63) is 96.3 Å². The number of rotatable bonds is 6. The number of para-hydroxylation sites is 1. The largest absolute Gasteiger partial charge is 1.00 e. The summed E-state index contributed by atoms with van der Waals surface area (Å²) in [6.45, 7) is 0.178. The minimum absolute atomic E-state index is 0. The van der Waals surface area contributed by atoms with Crippen molar-refractivity contribution in [1.29, 1.82) is 0 Å². The van der Waals surface area contributed by atoms with E-state index in [1.165, 1.54) is 0 Å². The van der Waals surface area contributed by atoms with Gasteiger partial charge in [0.1, 0.15) is 5.56 Å². The molecule has 0 radical (unpaired) electrons. The molecule has 3 aromatic rings. The molecular formula is C20H18BrN3O2. The molecule has 0 fully saturated rings. The summed E-state index contributed by atoms with van der Waals surface area (Å²) in [7, 11) is 0. The highest BCUT2D eigenvalue weighted by Gasteiger charge is 2.14. The lowest BCUT2D eigenvalue weighted by Gasteiger charge is -2.07. The van der Waals surface area contributed by atoms with E-state index in [1.54, 1.807) is 41.2 Å². The van der Waals surface area contributed by atoms with Gasteiger partial charge in [-0.2, -0.15) is 4.57 Å². The van der Waals surface area contributed by atoms with Gasteiger partial charge in [-0.05, 0) is 18.2 Å². The highest BCUT2D eigenvalue weighted by atomic mass is 79.9. The number of ketones is 1. The molecule has 26 heavy (non-hydrogen) atoms. The molecule has 0 atom stereocenters. The highest BCUT2D eigenvalue weighted by Crippen LogP contribution is 2.04. The maximum Gasteiger partial charge on any atom is 0.275 e. The number of nitrogens with one attached hydrogen (secondary N) is 2. The van der Waals surface area contributed by atoms with Crippen molar-refractivity contribution in [1.82, 2.24) is 5.43 Å². The minimum Gasteiger partial charge on any atom is -1.00 e. The van der Waals surface area contributed by atoms with Crippen molar-refractivity contribution < 1.29 is 31.1 Å². The molecule has 6 heteroatoms. The first kappa shape index (κ1) is 19.3. The first-order chi connectivity index (χ1) is 12.2. The highest BCUT2D eigenvalue weighted by molar-refractivity contribution is 5.95. The SMILES string of the molecule is O=C(C[n+]1cccc(C(=O)NNc2ccccc2)c1)c1ccccc1.[Br-]. The van der Waals surface area contributed by atoms with E-state index in [0.717, 1.165) is 5.69 Å². The van der Waals surface area contributed by atoms with E-state index in [2.05, 4.69) is 10.9 Å². The van der Waals surface area contributed by atoms with Crippen molar-refractivity contribution in [3.8, 4) is 0 Å². The molecule has 5 nitrogen and oxygen atoms in total. The number of pyridine rings is 1. The number of nitrogens with zero attached hydrogens (tertiary/aromatic N) is 1. The molecule has 1 heterocycles. The molecule has 2 N–H and O–H groups in total. The fourth-order valence-corrected chi connectivity index (χ4v) is 2.36. The third kappa shape index (κ3) is 5.26. The van der Waals surface area contributed by atoms with E-state index >= 15 is 0 Å². The first-order valence-corrected chi connectivity index (χ1v) is 7.91. The fraction of sp³-hybridized carbons (Fsp3) is 0.0500. The topological polar surface area (TPSA) is 62.1 Å². The monoisotopic (exact) mass is 411 g/mol. The lowest BCUT2D eigenvalue weighted by molar-refractivity contribution is -0.683. The molecule has 3 rings (SSSR count). The van der Waals surface area contributed by atoms with Crippen LogP contribution in [0.15, 0.2) is 85.2 Å². The third-order valence-electron chi connectivity index (χ3n) is 3.64. The molecule has 1 amide bonds. The van der Waals surface area contributed by atoms with Crippen LogP contribution in [0.25, 0.3) is 0 Å². The predicted octanol–water partition coefficient (Wildman–Crippen LogP) is -0.382. The third-order valence-corrected chi connectivity index (χ3v) is 3.64. The van der Waals surface area contributed by atoms with Crippen molar-refractivity contribution in [2.24, 2.45) is 0 Å². The molecule has 0 saturated heterocycles. The zero-order valence-corrected chi connectivity index (χ0v) is 15.5. The second-order valence-corrected chi connectivity index (χ2v) is 5.50. The van der Waals surface area contributed by atoms with Crippen LogP contribution in [-0.4, -0.2) is 11.7 Å². The van der Waals surface area contributed by atoms with Crippen molar-refractivity contribution in [3.63, 3.8) is 0 Å². The number of hydrazine groups is 1. The van der Waals surface area contributed by atoms with Crippen LogP contribution in [0.5, 0.6) is 0 Å². The Kier molecular flexibility index (Phi) is 7.05. The van der Waals surface area contributed by atoms with Crippen molar-refractivity contribution in [2.45, 2.75) is 6.54 Å². The van der Waals surface area contributed by atoms with Gasteiger partial charge < -0.3 is 17.0 Å². The van der Waals surface area contributed by atoms with Crippen LogP contribution in [0.2, 0.25) is 0 Å². The lowest BCUT2D eigenvalue weighted by Crippen LogP contribution is -3.00. The Balaban J connectivity index is 0.00000243. The second kappa shape index (κ2) is 9.48. The molecule has 0 bridgehead atoms. The molecule has 132 valence electrons. The van der Waals surface area contributed by atoms with Crippen LogP contribution >= 0.6 is 0 Å². The van der Waals surface area contributed by atoms with Gasteiger partial charge in [0.05, 0.1) is 5.69 Å². The molecule has 0 aliphatic rings.